The Bertz CT molecular complexity index is 189. The molecule has 1 aliphatic rings. The smallest absolute Gasteiger partial charge is 0.0663 e. The van der Waals surface area contributed by atoms with Crippen LogP contribution in [0.5, 0.6) is 0 Å². The molecule has 0 aliphatic carbocycles. The number of rotatable bonds is 5. The molecule has 0 radical (unpaired) electrons. The normalized spacial score (nSPS) is 27.0. The van der Waals surface area contributed by atoms with Crippen molar-refractivity contribution in [3.8, 4) is 0 Å². The highest BCUT2D eigenvalue weighted by atomic mass is 16.5. The van der Waals surface area contributed by atoms with Crippen LogP contribution in [0.4, 0.5) is 0 Å². The summed E-state index contributed by atoms with van der Waals surface area (Å²) in [5, 5.41) is 3.45. The fourth-order valence-electron chi connectivity index (χ4n) is 2.47. The predicted octanol–water partition coefficient (Wildman–Crippen LogP) is 2.06. The summed E-state index contributed by atoms with van der Waals surface area (Å²) >= 11 is 0. The lowest BCUT2D eigenvalue weighted by atomic mass is 9.78. The van der Waals surface area contributed by atoms with E-state index < -0.39 is 0 Å². The Morgan fingerprint density at radius 1 is 1.38 bits per heavy atom. The van der Waals surface area contributed by atoms with Crippen LogP contribution in [-0.2, 0) is 9.47 Å². The second-order valence-electron chi connectivity index (χ2n) is 5.76. The highest BCUT2D eigenvalue weighted by Gasteiger charge is 2.34. The molecule has 0 aromatic carbocycles. The van der Waals surface area contributed by atoms with Crippen molar-refractivity contribution in [1.82, 2.24) is 5.32 Å². The van der Waals surface area contributed by atoms with Gasteiger partial charge >= 0.3 is 0 Å². The number of methoxy groups -OCH3 is 1. The Morgan fingerprint density at radius 2 is 2.12 bits per heavy atom. The number of ether oxygens (including phenoxy) is 2. The molecule has 0 amide bonds. The highest BCUT2D eigenvalue weighted by Crippen LogP contribution is 2.33. The standard InChI is InChI=1S/C13H27NO2/c1-13(2,3)12-11(6-5-8-16-12)10-14-7-9-15-4/h11-12,14H,5-10H2,1-4H3. The van der Waals surface area contributed by atoms with Crippen molar-refractivity contribution in [1.29, 1.82) is 0 Å². The van der Waals surface area contributed by atoms with Crippen molar-refractivity contribution in [3.05, 3.63) is 0 Å². The summed E-state index contributed by atoms with van der Waals surface area (Å²) in [6.07, 6.45) is 2.86. The van der Waals surface area contributed by atoms with Gasteiger partial charge in [-0.3, -0.25) is 0 Å². The first kappa shape index (κ1) is 13.9. The lowest BCUT2D eigenvalue weighted by Gasteiger charge is -2.40. The minimum absolute atomic E-state index is 0.244. The highest BCUT2D eigenvalue weighted by molar-refractivity contribution is 4.85. The third-order valence-corrected chi connectivity index (χ3v) is 3.19. The Kier molecular flexibility index (Phi) is 5.73. The summed E-state index contributed by atoms with van der Waals surface area (Å²) in [5.74, 6) is 0.644. The fraction of sp³-hybridized carbons (Fsp3) is 1.00. The summed E-state index contributed by atoms with van der Waals surface area (Å²) < 4.78 is 11.0. The molecule has 16 heavy (non-hydrogen) atoms. The third-order valence-electron chi connectivity index (χ3n) is 3.19. The van der Waals surface area contributed by atoms with Gasteiger partial charge in [0.2, 0.25) is 0 Å². The van der Waals surface area contributed by atoms with Crippen LogP contribution in [0.3, 0.4) is 0 Å². The average Bonchev–Trinajstić information content (AvgIpc) is 2.24. The summed E-state index contributed by atoms with van der Waals surface area (Å²) in [4.78, 5) is 0. The van der Waals surface area contributed by atoms with Gasteiger partial charge in [-0.1, -0.05) is 20.8 Å². The van der Waals surface area contributed by atoms with Gasteiger partial charge in [-0.25, -0.2) is 0 Å². The zero-order valence-electron chi connectivity index (χ0n) is 11.2. The van der Waals surface area contributed by atoms with Crippen molar-refractivity contribution >= 4 is 0 Å². The van der Waals surface area contributed by atoms with Crippen LogP contribution < -0.4 is 5.32 Å². The minimum atomic E-state index is 0.244. The van der Waals surface area contributed by atoms with E-state index in [0.29, 0.717) is 12.0 Å². The first-order chi connectivity index (χ1) is 7.55. The molecule has 1 saturated heterocycles. The van der Waals surface area contributed by atoms with Gasteiger partial charge in [0.25, 0.3) is 0 Å². The van der Waals surface area contributed by atoms with Crippen LogP contribution in [0.15, 0.2) is 0 Å². The molecule has 1 N–H and O–H groups in total. The molecule has 0 saturated carbocycles. The SMILES string of the molecule is COCCNCC1CCCOC1C(C)(C)C. The second-order valence-corrected chi connectivity index (χ2v) is 5.76. The first-order valence-corrected chi connectivity index (χ1v) is 6.37. The molecule has 3 nitrogen and oxygen atoms in total. The van der Waals surface area contributed by atoms with E-state index in [9.17, 15) is 0 Å². The van der Waals surface area contributed by atoms with E-state index in [1.165, 1.54) is 12.8 Å². The second kappa shape index (κ2) is 6.58. The van der Waals surface area contributed by atoms with Crippen LogP contribution in [0.25, 0.3) is 0 Å². The summed E-state index contributed by atoms with van der Waals surface area (Å²) in [5.41, 5.74) is 0.244. The van der Waals surface area contributed by atoms with Crippen molar-refractivity contribution in [2.24, 2.45) is 11.3 Å². The first-order valence-electron chi connectivity index (χ1n) is 6.37. The number of hydrogen-bond acceptors (Lipinski definition) is 3. The van der Waals surface area contributed by atoms with E-state index in [1.54, 1.807) is 7.11 Å². The molecule has 96 valence electrons. The number of nitrogens with one attached hydrogen (secondary N) is 1. The van der Waals surface area contributed by atoms with E-state index in [4.69, 9.17) is 9.47 Å². The quantitative estimate of drug-likeness (QED) is 0.732. The molecule has 1 rings (SSSR count). The fourth-order valence-corrected chi connectivity index (χ4v) is 2.47. The molecule has 1 fully saturated rings. The van der Waals surface area contributed by atoms with Crippen LogP contribution in [-0.4, -0.2) is 39.5 Å². The maximum Gasteiger partial charge on any atom is 0.0663 e. The molecule has 2 unspecified atom stereocenters. The summed E-state index contributed by atoms with van der Waals surface area (Å²) in [6, 6.07) is 0. The zero-order chi connectivity index (χ0) is 12.0. The average molecular weight is 229 g/mol. The Balaban J connectivity index is 2.35. The van der Waals surface area contributed by atoms with Gasteiger partial charge in [-0.2, -0.15) is 0 Å². The topological polar surface area (TPSA) is 30.5 Å². The van der Waals surface area contributed by atoms with Gasteiger partial charge in [0.05, 0.1) is 12.7 Å². The zero-order valence-corrected chi connectivity index (χ0v) is 11.2. The van der Waals surface area contributed by atoms with E-state index in [-0.39, 0.29) is 5.41 Å². The molecule has 0 aromatic heterocycles. The third kappa shape index (κ3) is 4.40. The van der Waals surface area contributed by atoms with E-state index >= 15 is 0 Å². The molecule has 0 bridgehead atoms. The van der Waals surface area contributed by atoms with E-state index in [1.807, 2.05) is 0 Å². The van der Waals surface area contributed by atoms with E-state index in [2.05, 4.69) is 26.1 Å². The lowest BCUT2D eigenvalue weighted by Crippen LogP contribution is -2.44. The maximum atomic E-state index is 5.94. The molecule has 2 atom stereocenters. The maximum absolute atomic E-state index is 5.94. The van der Waals surface area contributed by atoms with E-state index in [0.717, 1.165) is 26.3 Å². The molecule has 1 aliphatic heterocycles. The monoisotopic (exact) mass is 229 g/mol. The molecule has 0 aromatic rings. The van der Waals surface area contributed by atoms with Gasteiger partial charge in [0.1, 0.15) is 0 Å². The Morgan fingerprint density at radius 3 is 2.75 bits per heavy atom. The van der Waals surface area contributed by atoms with Gasteiger partial charge in [0, 0.05) is 26.8 Å². The van der Waals surface area contributed by atoms with Gasteiger partial charge < -0.3 is 14.8 Å². The van der Waals surface area contributed by atoms with Crippen LogP contribution in [0.2, 0.25) is 0 Å². The molecule has 3 heteroatoms. The van der Waals surface area contributed by atoms with Crippen molar-refractivity contribution < 1.29 is 9.47 Å². The number of hydrogen-bond donors (Lipinski definition) is 1. The van der Waals surface area contributed by atoms with Gasteiger partial charge in [-0.05, 0) is 24.2 Å². The van der Waals surface area contributed by atoms with Crippen molar-refractivity contribution in [2.45, 2.75) is 39.7 Å². The summed E-state index contributed by atoms with van der Waals surface area (Å²) in [7, 11) is 1.74. The molecule has 1 heterocycles. The minimum Gasteiger partial charge on any atom is -0.383 e. The van der Waals surface area contributed by atoms with Gasteiger partial charge in [-0.15, -0.1) is 0 Å². The van der Waals surface area contributed by atoms with Crippen LogP contribution in [0.1, 0.15) is 33.6 Å². The van der Waals surface area contributed by atoms with Gasteiger partial charge in [0.15, 0.2) is 0 Å². The van der Waals surface area contributed by atoms with Crippen LogP contribution >= 0.6 is 0 Å². The summed E-state index contributed by atoms with van der Waals surface area (Å²) in [6.45, 7) is 10.5. The van der Waals surface area contributed by atoms with Crippen molar-refractivity contribution in [3.63, 3.8) is 0 Å². The molecule has 0 spiro atoms. The molecular formula is C13H27NO2. The molecular weight excluding hydrogens is 202 g/mol. The largest absolute Gasteiger partial charge is 0.383 e. The Labute approximate surface area is 99.9 Å². The van der Waals surface area contributed by atoms with Crippen LogP contribution in [0, 0.1) is 11.3 Å². The Hall–Kier alpha value is -0.120. The lowest BCUT2D eigenvalue weighted by molar-refractivity contribution is -0.0845. The van der Waals surface area contributed by atoms with Crippen molar-refractivity contribution in [2.75, 3.05) is 33.4 Å². The predicted molar refractivity (Wildman–Crippen MR) is 66.7 cm³/mol.